The molecule has 3 nitrogen and oxygen atoms in total. The number of aryl methyl sites for hydroxylation is 1. The van der Waals surface area contributed by atoms with Gasteiger partial charge in [-0.05, 0) is 12.1 Å². The van der Waals surface area contributed by atoms with Gasteiger partial charge in [-0.25, -0.2) is 9.55 Å². The number of aromatic amines is 1. The predicted octanol–water partition coefficient (Wildman–Crippen LogP) is 2.85. The van der Waals surface area contributed by atoms with Crippen LogP contribution in [-0.2, 0) is 6.18 Å². The number of H-pyrrole nitrogens is 1. The number of hydrogen-bond acceptors (Lipinski definition) is 1. The molecule has 0 saturated carbocycles. The summed E-state index contributed by atoms with van der Waals surface area (Å²) in [6, 6.07) is 1.79. The largest absolute Gasteiger partial charge is 0.416 e. The molecule has 1 heterocycles. The maximum absolute atomic E-state index is 12.7. The third-order valence-corrected chi connectivity index (χ3v) is 2.79. The van der Waals surface area contributed by atoms with E-state index in [1.165, 1.54) is 10.9 Å². The first kappa shape index (κ1) is 12.8. The standard InChI is InChI=1S/C11H9ClF3N3/c1-6-4-18(5-17-6)9-3-7(11(13,14)15)2-8(12)10(9)16/h2-5H,16H2,1H3/p+1. The van der Waals surface area contributed by atoms with E-state index >= 15 is 0 Å². The Balaban J connectivity index is 2.63. The van der Waals surface area contributed by atoms with Crippen LogP contribution in [-0.4, -0.2) is 4.98 Å². The van der Waals surface area contributed by atoms with Gasteiger partial charge in [0.15, 0.2) is 5.69 Å². The predicted molar refractivity (Wildman–Crippen MR) is 61.5 cm³/mol. The van der Waals surface area contributed by atoms with Crippen LogP contribution >= 0.6 is 11.6 Å². The normalized spacial score (nSPS) is 11.8. The molecule has 0 saturated heterocycles. The zero-order valence-corrected chi connectivity index (χ0v) is 10.1. The first-order valence-electron chi connectivity index (χ1n) is 5.02. The molecule has 0 aliphatic heterocycles. The number of benzene rings is 1. The van der Waals surface area contributed by atoms with Crippen molar-refractivity contribution in [3.8, 4) is 5.69 Å². The molecule has 2 aromatic rings. The molecule has 0 unspecified atom stereocenters. The number of hydrogen-bond donors (Lipinski definition) is 2. The minimum Gasteiger partial charge on any atom is -0.394 e. The van der Waals surface area contributed by atoms with E-state index in [-0.39, 0.29) is 16.4 Å². The number of halogens is 4. The third-order valence-electron chi connectivity index (χ3n) is 2.48. The number of nitrogens with zero attached hydrogens (tertiary/aromatic N) is 1. The van der Waals surface area contributed by atoms with Crippen LogP contribution in [0.5, 0.6) is 0 Å². The molecule has 0 aliphatic carbocycles. The van der Waals surface area contributed by atoms with Gasteiger partial charge < -0.3 is 5.73 Å². The molecule has 1 aromatic heterocycles. The highest BCUT2D eigenvalue weighted by molar-refractivity contribution is 6.33. The fraction of sp³-hybridized carbons (Fsp3) is 0.182. The van der Waals surface area contributed by atoms with Crippen molar-refractivity contribution in [2.75, 3.05) is 5.73 Å². The number of imidazole rings is 1. The van der Waals surface area contributed by atoms with Gasteiger partial charge >= 0.3 is 6.18 Å². The summed E-state index contributed by atoms with van der Waals surface area (Å²) >= 11 is 5.73. The molecule has 1 aromatic carbocycles. The smallest absolute Gasteiger partial charge is 0.394 e. The van der Waals surface area contributed by atoms with Gasteiger partial charge in [-0.1, -0.05) is 11.6 Å². The first-order valence-corrected chi connectivity index (χ1v) is 5.39. The number of aromatic nitrogens is 2. The number of rotatable bonds is 1. The van der Waals surface area contributed by atoms with E-state index < -0.39 is 11.7 Å². The fourth-order valence-corrected chi connectivity index (χ4v) is 1.79. The molecule has 7 heteroatoms. The number of nitrogens with two attached hydrogens (primary N) is 1. The summed E-state index contributed by atoms with van der Waals surface area (Å²) in [5.41, 5.74) is 5.96. The van der Waals surface area contributed by atoms with Crippen LogP contribution in [0.2, 0.25) is 5.02 Å². The molecule has 0 aliphatic rings. The van der Waals surface area contributed by atoms with Gasteiger partial charge in [0, 0.05) is 6.92 Å². The summed E-state index contributed by atoms with van der Waals surface area (Å²) in [7, 11) is 0. The molecule has 0 bridgehead atoms. The average molecular weight is 277 g/mol. The van der Waals surface area contributed by atoms with Crippen molar-refractivity contribution in [3.05, 3.63) is 40.9 Å². The van der Waals surface area contributed by atoms with Crippen molar-refractivity contribution in [2.45, 2.75) is 13.1 Å². The van der Waals surface area contributed by atoms with E-state index in [0.717, 1.165) is 17.8 Å². The topological polar surface area (TPSA) is 45.7 Å². The van der Waals surface area contributed by atoms with E-state index in [0.29, 0.717) is 0 Å². The first-order chi connectivity index (χ1) is 8.29. The molecule has 96 valence electrons. The van der Waals surface area contributed by atoms with Crippen LogP contribution in [0, 0.1) is 6.92 Å². The molecule has 0 spiro atoms. The van der Waals surface area contributed by atoms with Crippen LogP contribution in [0.1, 0.15) is 11.3 Å². The molecule has 0 amide bonds. The van der Waals surface area contributed by atoms with Crippen molar-refractivity contribution in [1.82, 2.24) is 4.98 Å². The average Bonchev–Trinajstić information content (AvgIpc) is 2.67. The SMILES string of the molecule is Cc1c[n+](-c2cc(C(F)(F)F)cc(Cl)c2N)c[nH]1. The zero-order valence-electron chi connectivity index (χ0n) is 9.35. The highest BCUT2D eigenvalue weighted by Crippen LogP contribution is 2.35. The van der Waals surface area contributed by atoms with E-state index in [4.69, 9.17) is 17.3 Å². The second-order valence-electron chi connectivity index (χ2n) is 3.88. The van der Waals surface area contributed by atoms with Gasteiger partial charge in [-0.2, -0.15) is 13.2 Å². The Bertz CT molecular complexity index is 590. The second kappa shape index (κ2) is 4.20. The summed E-state index contributed by atoms with van der Waals surface area (Å²) in [5.74, 6) is 0. The van der Waals surface area contributed by atoms with E-state index in [1.807, 2.05) is 0 Å². The zero-order chi connectivity index (χ0) is 13.5. The number of anilines is 1. The van der Waals surface area contributed by atoms with E-state index in [2.05, 4.69) is 4.98 Å². The molecule has 0 fully saturated rings. The quantitative estimate of drug-likeness (QED) is 0.611. The Morgan fingerprint density at radius 2 is 2.00 bits per heavy atom. The summed E-state index contributed by atoms with van der Waals surface area (Å²) in [6.07, 6.45) is -1.32. The summed E-state index contributed by atoms with van der Waals surface area (Å²) in [6.45, 7) is 1.78. The molecule has 0 atom stereocenters. The maximum Gasteiger partial charge on any atom is 0.416 e. The van der Waals surface area contributed by atoms with Crippen LogP contribution in [0.15, 0.2) is 24.7 Å². The van der Waals surface area contributed by atoms with Crippen molar-refractivity contribution in [1.29, 1.82) is 0 Å². The van der Waals surface area contributed by atoms with Gasteiger partial charge in [0.05, 0.1) is 16.3 Å². The maximum atomic E-state index is 12.7. The van der Waals surface area contributed by atoms with Gasteiger partial charge in [-0.3, -0.25) is 0 Å². The van der Waals surface area contributed by atoms with E-state index in [9.17, 15) is 13.2 Å². The van der Waals surface area contributed by atoms with Crippen molar-refractivity contribution < 1.29 is 17.7 Å². The van der Waals surface area contributed by atoms with Gasteiger partial charge in [0.1, 0.15) is 11.9 Å². The van der Waals surface area contributed by atoms with Gasteiger partial charge in [0.25, 0.3) is 0 Å². The lowest BCUT2D eigenvalue weighted by atomic mass is 10.1. The third kappa shape index (κ3) is 2.28. The van der Waals surface area contributed by atoms with Crippen LogP contribution in [0.3, 0.4) is 0 Å². The Labute approximate surface area is 106 Å². The highest BCUT2D eigenvalue weighted by atomic mass is 35.5. The summed E-state index contributed by atoms with van der Waals surface area (Å²) in [4.78, 5) is 2.86. The fourth-order valence-electron chi connectivity index (χ4n) is 1.57. The Hall–Kier alpha value is -1.69. The summed E-state index contributed by atoms with van der Waals surface area (Å²) < 4.78 is 39.5. The summed E-state index contributed by atoms with van der Waals surface area (Å²) in [5, 5.41) is -0.119. The molecular formula is C11H10ClF3N3+. The van der Waals surface area contributed by atoms with E-state index in [1.54, 1.807) is 13.1 Å². The minimum absolute atomic E-state index is 0.105. The van der Waals surface area contributed by atoms with Gasteiger partial charge in [-0.15, -0.1) is 0 Å². The monoisotopic (exact) mass is 276 g/mol. The Morgan fingerprint density at radius 3 is 2.50 bits per heavy atom. The minimum atomic E-state index is -4.46. The lowest BCUT2D eigenvalue weighted by Crippen LogP contribution is -2.29. The lowest BCUT2D eigenvalue weighted by molar-refractivity contribution is -0.593. The van der Waals surface area contributed by atoms with Crippen molar-refractivity contribution in [2.24, 2.45) is 0 Å². The number of alkyl halides is 3. The van der Waals surface area contributed by atoms with Crippen molar-refractivity contribution >= 4 is 17.3 Å². The Morgan fingerprint density at radius 1 is 1.33 bits per heavy atom. The molecule has 0 radical (unpaired) electrons. The number of nitrogens with one attached hydrogen (secondary N) is 1. The molecule has 2 rings (SSSR count). The van der Waals surface area contributed by atoms with Crippen molar-refractivity contribution in [3.63, 3.8) is 0 Å². The lowest BCUT2D eigenvalue weighted by Gasteiger charge is -2.10. The van der Waals surface area contributed by atoms with Crippen LogP contribution in [0.25, 0.3) is 5.69 Å². The molecule has 3 N–H and O–H groups in total. The second-order valence-corrected chi connectivity index (χ2v) is 4.29. The molecule has 18 heavy (non-hydrogen) atoms. The molecular weight excluding hydrogens is 267 g/mol. The van der Waals surface area contributed by atoms with Gasteiger partial charge in [0.2, 0.25) is 6.33 Å². The highest BCUT2D eigenvalue weighted by Gasteiger charge is 2.32. The Kier molecular flexibility index (Phi) is 2.98. The van der Waals surface area contributed by atoms with Crippen LogP contribution in [0.4, 0.5) is 18.9 Å². The van der Waals surface area contributed by atoms with Crippen LogP contribution < -0.4 is 10.3 Å². The number of nitrogen functional groups attached to an aromatic ring is 1.